The molecule has 3 aromatic rings. The maximum absolute atomic E-state index is 13.0. The van der Waals surface area contributed by atoms with Crippen molar-refractivity contribution in [3.63, 3.8) is 0 Å². The van der Waals surface area contributed by atoms with Crippen LogP contribution >= 0.6 is 0 Å². The zero-order chi connectivity index (χ0) is 23.8. The Labute approximate surface area is 193 Å². The maximum atomic E-state index is 13.0. The number of rotatable bonds is 6. The predicted molar refractivity (Wildman–Crippen MR) is 126 cm³/mol. The fourth-order valence-corrected chi connectivity index (χ4v) is 5.78. The van der Waals surface area contributed by atoms with Crippen LogP contribution in [0.2, 0.25) is 0 Å². The van der Waals surface area contributed by atoms with Crippen LogP contribution in [0, 0.1) is 19.8 Å². The molecule has 2 aromatic carbocycles. The Morgan fingerprint density at radius 1 is 1.03 bits per heavy atom. The van der Waals surface area contributed by atoms with E-state index in [0.717, 1.165) is 22.2 Å². The zero-order valence-electron chi connectivity index (χ0n) is 19.0. The highest BCUT2D eigenvalue weighted by Crippen LogP contribution is 2.27. The molecule has 174 valence electrons. The van der Waals surface area contributed by atoms with Crippen molar-refractivity contribution >= 4 is 32.7 Å². The van der Waals surface area contributed by atoms with E-state index in [1.54, 1.807) is 31.2 Å². The fraction of sp³-hybridized carbons (Fsp3) is 0.360. The number of fused-ring (bicyclic) bond motifs is 1. The summed E-state index contributed by atoms with van der Waals surface area (Å²) in [6, 6.07) is 14.3. The van der Waals surface area contributed by atoms with Crippen molar-refractivity contribution in [2.45, 2.75) is 44.6 Å². The number of Topliss-reactive ketones (excluding diaryl/α,β-unsaturated/α-hetero) is 1. The third-order valence-electron chi connectivity index (χ3n) is 6.25. The van der Waals surface area contributed by atoms with Crippen LogP contribution in [0.5, 0.6) is 0 Å². The fourth-order valence-electron chi connectivity index (χ4n) is 4.31. The Hall–Kier alpha value is -2.97. The van der Waals surface area contributed by atoms with Gasteiger partial charge in [-0.3, -0.25) is 9.59 Å². The summed E-state index contributed by atoms with van der Waals surface area (Å²) in [5.74, 6) is -1.15. The van der Waals surface area contributed by atoms with Gasteiger partial charge in [0.25, 0.3) is 0 Å². The minimum atomic E-state index is -3.60. The number of ketones is 1. The van der Waals surface area contributed by atoms with E-state index in [4.69, 9.17) is 4.74 Å². The van der Waals surface area contributed by atoms with Crippen molar-refractivity contribution in [3.05, 3.63) is 65.4 Å². The Morgan fingerprint density at radius 2 is 1.67 bits per heavy atom. The monoisotopic (exact) mass is 468 g/mol. The molecule has 1 saturated heterocycles. The van der Waals surface area contributed by atoms with Crippen LogP contribution in [0.1, 0.15) is 41.4 Å². The maximum Gasteiger partial charge on any atom is 0.309 e. The average Bonchev–Trinajstić information content (AvgIpc) is 3.14. The first kappa shape index (κ1) is 23.2. The molecule has 0 aliphatic carbocycles. The summed E-state index contributed by atoms with van der Waals surface area (Å²) in [6.45, 7) is 5.78. The van der Waals surface area contributed by atoms with Crippen molar-refractivity contribution in [2.75, 3.05) is 13.1 Å². The zero-order valence-corrected chi connectivity index (χ0v) is 19.8. The van der Waals surface area contributed by atoms with Gasteiger partial charge < -0.3 is 9.72 Å². The van der Waals surface area contributed by atoms with E-state index in [-0.39, 0.29) is 23.8 Å². The second-order valence-electron chi connectivity index (χ2n) is 8.61. The van der Waals surface area contributed by atoms with Gasteiger partial charge in [-0.2, -0.15) is 4.31 Å². The lowest BCUT2D eigenvalue weighted by atomic mass is 9.98. The average molecular weight is 469 g/mol. The molecule has 1 aliphatic rings. The van der Waals surface area contributed by atoms with Gasteiger partial charge in [0.1, 0.15) is 0 Å². The molecular formula is C25H28N2O5S. The summed E-state index contributed by atoms with van der Waals surface area (Å²) < 4.78 is 32.7. The summed E-state index contributed by atoms with van der Waals surface area (Å²) in [7, 11) is -3.60. The third kappa shape index (κ3) is 4.58. The third-order valence-corrected chi connectivity index (χ3v) is 8.16. The van der Waals surface area contributed by atoms with Crippen LogP contribution in [0.3, 0.4) is 0 Å². The number of carbonyl (C=O) groups is 2. The standard InChI is InChI=1S/C25H28N2O5S/c1-16-8-10-20(11-9-16)33(30,31)27-14-12-19(13-15-27)25(29)32-18(3)24(28)23-17(2)26-22-7-5-4-6-21(22)23/h4-11,18-19,26H,12-15H2,1-3H3. The molecule has 4 rings (SSSR count). The number of nitrogens with one attached hydrogen (secondary N) is 1. The highest BCUT2D eigenvalue weighted by atomic mass is 32.2. The lowest BCUT2D eigenvalue weighted by Gasteiger charge is -2.30. The number of para-hydroxylation sites is 1. The molecule has 1 aromatic heterocycles. The number of aromatic nitrogens is 1. The Balaban J connectivity index is 1.38. The van der Waals surface area contributed by atoms with Crippen molar-refractivity contribution in [3.8, 4) is 0 Å². The number of benzene rings is 2. The number of ether oxygens (including phenoxy) is 1. The summed E-state index contributed by atoms with van der Waals surface area (Å²) in [5.41, 5.74) is 3.12. The number of carbonyl (C=O) groups excluding carboxylic acids is 2. The lowest BCUT2D eigenvalue weighted by Crippen LogP contribution is -2.41. The van der Waals surface area contributed by atoms with Crippen molar-refractivity contribution in [1.29, 1.82) is 0 Å². The molecule has 1 aliphatic heterocycles. The van der Waals surface area contributed by atoms with Gasteiger partial charge in [-0.05, 0) is 51.8 Å². The molecule has 0 saturated carbocycles. The highest BCUT2D eigenvalue weighted by Gasteiger charge is 2.34. The number of piperidine rings is 1. The van der Waals surface area contributed by atoms with Crippen LogP contribution < -0.4 is 0 Å². The number of nitrogens with zero attached hydrogens (tertiary/aromatic N) is 1. The molecule has 2 heterocycles. The van der Waals surface area contributed by atoms with Gasteiger partial charge in [0.2, 0.25) is 15.8 Å². The normalized spacial score (nSPS) is 16.6. The van der Waals surface area contributed by atoms with Gasteiger partial charge in [-0.15, -0.1) is 0 Å². The van der Waals surface area contributed by atoms with Crippen LogP contribution in [0.25, 0.3) is 10.9 Å². The molecule has 8 heteroatoms. The molecule has 1 atom stereocenters. The van der Waals surface area contributed by atoms with Crippen LogP contribution in [0.4, 0.5) is 0 Å². The summed E-state index contributed by atoms with van der Waals surface area (Å²) >= 11 is 0. The first-order chi connectivity index (χ1) is 15.7. The smallest absolute Gasteiger partial charge is 0.309 e. The van der Waals surface area contributed by atoms with E-state index in [1.165, 1.54) is 4.31 Å². The van der Waals surface area contributed by atoms with E-state index in [2.05, 4.69) is 4.98 Å². The van der Waals surface area contributed by atoms with E-state index >= 15 is 0 Å². The van der Waals surface area contributed by atoms with Gasteiger partial charge >= 0.3 is 5.97 Å². The molecule has 1 unspecified atom stereocenters. The van der Waals surface area contributed by atoms with Gasteiger partial charge in [0.05, 0.1) is 10.8 Å². The molecule has 0 bridgehead atoms. The first-order valence-corrected chi connectivity index (χ1v) is 12.5. The van der Waals surface area contributed by atoms with E-state index in [0.29, 0.717) is 18.4 Å². The summed E-state index contributed by atoms with van der Waals surface area (Å²) in [5, 5.41) is 0.803. The lowest BCUT2D eigenvalue weighted by molar-refractivity contribution is -0.152. The van der Waals surface area contributed by atoms with Gasteiger partial charge in [0.15, 0.2) is 6.10 Å². The van der Waals surface area contributed by atoms with E-state index < -0.39 is 28.0 Å². The Bertz CT molecular complexity index is 1290. The second kappa shape index (κ2) is 9.11. The molecule has 0 radical (unpaired) electrons. The predicted octanol–water partition coefficient (Wildman–Crippen LogP) is 4.00. The number of hydrogen-bond acceptors (Lipinski definition) is 5. The van der Waals surface area contributed by atoms with Crippen LogP contribution in [0.15, 0.2) is 53.4 Å². The highest BCUT2D eigenvalue weighted by molar-refractivity contribution is 7.89. The molecule has 1 N–H and O–H groups in total. The van der Waals surface area contributed by atoms with Crippen LogP contribution in [-0.4, -0.2) is 48.7 Å². The van der Waals surface area contributed by atoms with Gasteiger partial charge in [-0.25, -0.2) is 8.42 Å². The number of aryl methyl sites for hydroxylation is 2. The Kier molecular flexibility index (Phi) is 6.41. The van der Waals surface area contributed by atoms with Crippen molar-refractivity contribution < 1.29 is 22.7 Å². The number of sulfonamides is 1. The SMILES string of the molecule is Cc1ccc(S(=O)(=O)N2CCC(C(=O)OC(C)C(=O)c3c(C)[nH]c4ccccc34)CC2)cc1. The van der Waals surface area contributed by atoms with Crippen molar-refractivity contribution in [2.24, 2.45) is 5.92 Å². The van der Waals surface area contributed by atoms with Crippen molar-refractivity contribution in [1.82, 2.24) is 9.29 Å². The second-order valence-corrected chi connectivity index (χ2v) is 10.5. The van der Waals surface area contributed by atoms with Gasteiger partial charge in [0, 0.05) is 35.2 Å². The molecular weight excluding hydrogens is 440 g/mol. The van der Waals surface area contributed by atoms with Gasteiger partial charge in [-0.1, -0.05) is 35.9 Å². The number of aromatic amines is 1. The van der Waals surface area contributed by atoms with E-state index in [1.807, 2.05) is 38.1 Å². The quantitative estimate of drug-likeness (QED) is 0.436. The molecule has 0 spiro atoms. The molecule has 33 heavy (non-hydrogen) atoms. The number of H-pyrrole nitrogens is 1. The van der Waals surface area contributed by atoms with E-state index in [9.17, 15) is 18.0 Å². The van der Waals surface area contributed by atoms with Crippen LogP contribution in [-0.2, 0) is 19.6 Å². The minimum Gasteiger partial charge on any atom is -0.454 e. The first-order valence-electron chi connectivity index (χ1n) is 11.1. The Morgan fingerprint density at radius 3 is 2.33 bits per heavy atom. The summed E-state index contributed by atoms with van der Waals surface area (Å²) in [4.78, 5) is 29.2. The number of esters is 1. The molecule has 1 fully saturated rings. The summed E-state index contributed by atoms with van der Waals surface area (Å²) in [6.07, 6.45) is -0.210. The molecule has 7 nitrogen and oxygen atoms in total. The largest absolute Gasteiger partial charge is 0.454 e. The molecule has 0 amide bonds. The topological polar surface area (TPSA) is 96.5 Å². The minimum absolute atomic E-state index is 0.236. The number of hydrogen-bond donors (Lipinski definition) is 1.